The Morgan fingerprint density at radius 2 is 2.23 bits per heavy atom. The van der Waals surface area contributed by atoms with E-state index in [2.05, 4.69) is 23.8 Å². The van der Waals surface area contributed by atoms with Gasteiger partial charge in [0.2, 0.25) is 0 Å². The maximum absolute atomic E-state index is 5.69. The summed E-state index contributed by atoms with van der Waals surface area (Å²) in [5.74, 6) is 0. The third kappa shape index (κ3) is 2.81. The molecule has 3 nitrogen and oxygen atoms in total. The predicted molar refractivity (Wildman–Crippen MR) is 59.7 cm³/mol. The van der Waals surface area contributed by atoms with Crippen molar-refractivity contribution < 1.29 is 0 Å². The number of nitrogens with zero attached hydrogens (tertiary/aromatic N) is 2. The molecule has 1 rings (SSSR count). The minimum absolute atomic E-state index is 0.505. The quantitative estimate of drug-likeness (QED) is 0.631. The molecule has 0 aromatic rings. The Kier molecular flexibility index (Phi) is 3.93. The van der Waals surface area contributed by atoms with Crippen LogP contribution in [-0.2, 0) is 0 Å². The van der Waals surface area contributed by atoms with Gasteiger partial charge in [-0.25, -0.2) is 0 Å². The van der Waals surface area contributed by atoms with Gasteiger partial charge >= 0.3 is 0 Å². The van der Waals surface area contributed by atoms with Gasteiger partial charge in [0, 0.05) is 19.1 Å². The van der Waals surface area contributed by atoms with Crippen LogP contribution in [0.1, 0.15) is 19.8 Å². The van der Waals surface area contributed by atoms with Crippen LogP contribution in [0.25, 0.3) is 0 Å². The summed E-state index contributed by atoms with van der Waals surface area (Å²) in [7, 11) is 2.16. The van der Waals surface area contributed by atoms with E-state index in [1.807, 2.05) is 0 Å². The first-order valence-electron chi connectivity index (χ1n) is 4.89. The van der Waals surface area contributed by atoms with Crippen molar-refractivity contribution in [2.24, 2.45) is 5.73 Å². The van der Waals surface area contributed by atoms with Crippen molar-refractivity contribution in [3.8, 4) is 0 Å². The van der Waals surface area contributed by atoms with Crippen LogP contribution >= 0.6 is 12.2 Å². The van der Waals surface area contributed by atoms with Gasteiger partial charge in [-0.15, -0.1) is 0 Å². The summed E-state index contributed by atoms with van der Waals surface area (Å²) in [5, 5.41) is 0.558. The van der Waals surface area contributed by atoms with Gasteiger partial charge in [-0.2, -0.15) is 0 Å². The van der Waals surface area contributed by atoms with E-state index in [9.17, 15) is 0 Å². The van der Waals surface area contributed by atoms with Gasteiger partial charge in [0.25, 0.3) is 0 Å². The van der Waals surface area contributed by atoms with Crippen molar-refractivity contribution in [1.29, 1.82) is 0 Å². The lowest BCUT2D eigenvalue weighted by Crippen LogP contribution is -2.45. The van der Waals surface area contributed by atoms with E-state index in [0.29, 0.717) is 11.2 Å². The van der Waals surface area contributed by atoms with E-state index in [1.165, 1.54) is 0 Å². The Hall–Kier alpha value is -0.350. The molecule has 0 radical (unpaired) electrons. The highest BCUT2D eigenvalue weighted by Gasteiger charge is 2.22. The molecule has 1 unspecified atom stereocenters. The first kappa shape index (κ1) is 10.7. The Morgan fingerprint density at radius 1 is 1.54 bits per heavy atom. The van der Waals surface area contributed by atoms with E-state index < -0.39 is 0 Å². The molecule has 13 heavy (non-hydrogen) atoms. The molecule has 76 valence electrons. The summed E-state index contributed by atoms with van der Waals surface area (Å²) in [5.41, 5.74) is 5.69. The highest BCUT2D eigenvalue weighted by Crippen LogP contribution is 2.11. The van der Waals surface area contributed by atoms with Crippen molar-refractivity contribution in [1.82, 2.24) is 9.80 Å². The Balaban J connectivity index is 2.64. The van der Waals surface area contributed by atoms with Gasteiger partial charge in [-0.05, 0) is 38.7 Å². The van der Waals surface area contributed by atoms with Crippen molar-refractivity contribution in [2.45, 2.75) is 25.8 Å². The number of thiocarbonyl (C=S) groups is 1. The van der Waals surface area contributed by atoms with Gasteiger partial charge in [0.15, 0.2) is 5.11 Å². The number of nitrogens with two attached hydrogens (primary N) is 1. The van der Waals surface area contributed by atoms with Gasteiger partial charge in [0.1, 0.15) is 0 Å². The molecule has 2 N–H and O–H groups in total. The fourth-order valence-electron chi connectivity index (χ4n) is 1.88. The third-order valence-electron chi connectivity index (χ3n) is 2.66. The molecule has 1 heterocycles. The molecule has 0 bridgehead atoms. The van der Waals surface area contributed by atoms with Gasteiger partial charge in [0.05, 0.1) is 0 Å². The third-order valence-corrected chi connectivity index (χ3v) is 2.89. The molecule has 0 spiro atoms. The molecule has 0 amide bonds. The monoisotopic (exact) mass is 201 g/mol. The largest absolute Gasteiger partial charge is 0.376 e. The average molecular weight is 201 g/mol. The van der Waals surface area contributed by atoms with Gasteiger partial charge in [-0.3, -0.25) is 0 Å². The van der Waals surface area contributed by atoms with Crippen LogP contribution in [0.5, 0.6) is 0 Å². The summed E-state index contributed by atoms with van der Waals surface area (Å²) in [6.45, 7) is 5.43. The minimum atomic E-state index is 0.505. The maximum atomic E-state index is 5.69. The SMILES string of the molecule is CCC1CN(C)CCCN1C(N)=S. The molecular formula is C9H19N3S. The zero-order valence-electron chi connectivity index (χ0n) is 8.49. The molecule has 4 heteroatoms. The van der Waals surface area contributed by atoms with Gasteiger partial charge in [-0.1, -0.05) is 6.92 Å². The fraction of sp³-hybridized carbons (Fsp3) is 0.889. The smallest absolute Gasteiger partial charge is 0.166 e. The fourth-order valence-corrected chi connectivity index (χ4v) is 2.12. The molecule has 0 aromatic heterocycles. The lowest BCUT2D eigenvalue weighted by Gasteiger charge is -2.30. The predicted octanol–water partition coefficient (Wildman–Crippen LogP) is 0.646. The molecule has 1 saturated heterocycles. The molecule has 1 fully saturated rings. The van der Waals surface area contributed by atoms with Crippen LogP contribution in [0, 0.1) is 0 Å². The molecule has 0 saturated carbocycles. The lowest BCUT2D eigenvalue weighted by molar-refractivity contribution is 0.265. The van der Waals surface area contributed by atoms with Crippen LogP contribution in [0.2, 0.25) is 0 Å². The number of hydrogen-bond donors (Lipinski definition) is 1. The highest BCUT2D eigenvalue weighted by atomic mass is 32.1. The Bertz CT molecular complexity index is 184. The summed E-state index contributed by atoms with van der Waals surface area (Å²) < 4.78 is 0. The van der Waals surface area contributed by atoms with E-state index in [-0.39, 0.29) is 0 Å². The van der Waals surface area contributed by atoms with Crippen molar-refractivity contribution in [3.05, 3.63) is 0 Å². The summed E-state index contributed by atoms with van der Waals surface area (Å²) in [6.07, 6.45) is 2.27. The topological polar surface area (TPSA) is 32.5 Å². The first-order chi connectivity index (χ1) is 6.15. The molecule has 1 aliphatic rings. The number of hydrogen-bond acceptors (Lipinski definition) is 2. The second-order valence-electron chi connectivity index (χ2n) is 3.71. The molecule has 0 aromatic carbocycles. The second-order valence-corrected chi connectivity index (χ2v) is 4.13. The summed E-state index contributed by atoms with van der Waals surface area (Å²) in [4.78, 5) is 4.52. The molecule has 1 aliphatic heterocycles. The van der Waals surface area contributed by atoms with E-state index in [4.69, 9.17) is 18.0 Å². The minimum Gasteiger partial charge on any atom is -0.376 e. The Labute approximate surface area is 85.9 Å². The molecular weight excluding hydrogens is 182 g/mol. The second kappa shape index (κ2) is 4.77. The van der Waals surface area contributed by atoms with Crippen molar-refractivity contribution in [2.75, 3.05) is 26.7 Å². The molecule has 1 atom stereocenters. The van der Waals surface area contributed by atoms with Crippen LogP contribution < -0.4 is 5.73 Å². The lowest BCUT2D eigenvalue weighted by atomic mass is 10.2. The number of rotatable bonds is 1. The van der Waals surface area contributed by atoms with Crippen LogP contribution in [0.3, 0.4) is 0 Å². The average Bonchev–Trinajstić information content (AvgIpc) is 2.26. The van der Waals surface area contributed by atoms with Crippen molar-refractivity contribution >= 4 is 17.3 Å². The van der Waals surface area contributed by atoms with Gasteiger partial charge < -0.3 is 15.5 Å². The van der Waals surface area contributed by atoms with Crippen molar-refractivity contribution in [3.63, 3.8) is 0 Å². The number of likely N-dealkylation sites (N-methyl/N-ethyl adjacent to an activating group) is 1. The van der Waals surface area contributed by atoms with Crippen LogP contribution in [-0.4, -0.2) is 47.6 Å². The normalized spacial score (nSPS) is 25.7. The molecule has 0 aliphatic carbocycles. The maximum Gasteiger partial charge on any atom is 0.166 e. The highest BCUT2D eigenvalue weighted by molar-refractivity contribution is 7.80. The first-order valence-corrected chi connectivity index (χ1v) is 5.30. The summed E-state index contributed by atoms with van der Waals surface area (Å²) in [6, 6.07) is 0.505. The van der Waals surface area contributed by atoms with E-state index >= 15 is 0 Å². The zero-order chi connectivity index (χ0) is 9.84. The standard InChI is InChI=1S/C9H19N3S/c1-3-8-7-11(2)5-4-6-12(8)9(10)13/h8H,3-7H2,1-2H3,(H2,10,13). The van der Waals surface area contributed by atoms with E-state index in [1.54, 1.807) is 0 Å². The Morgan fingerprint density at radius 3 is 2.77 bits per heavy atom. The zero-order valence-corrected chi connectivity index (χ0v) is 9.31. The van der Waals surface area contributed by atoms with E-state index in [0.717, 1.165) is 32.5 Å². The van der Waals surface area contributed by atoms with Crippen LogP contribution in [0.15, 0.2) is 0 Å². The van der Waals surface area contributed by atoms with Crippen LogP contribution in [0.4, 0.5) is 0 Å². The summed E-state index contributed by atoms with van der Waals surface area (Å²) >= 11 is 5.04.